The van der Waals surface area contributed by atoms with Crippen molar-refractivity contribution in [2.24, 2.45) is 5.41 Å². The number of nitrogens with zero attached hydrogens (tertiary/aromatic N) is 1. The Hall–Kier alpha value is -2.03. The molecule has 6 heteroatoms. The molecule has 0 heterocycles. The summed E-state index contributed by atoms with van der Waals surface area (Å²) >= 11 is 0. The minimum Gasteiger partial charge on any atom is -0.406 e. The van der Waals surface area contributed by atoms with Gasteiger partial charge in [-0.05, 0) is 37.0 Å². The van der Waals surface area contributed by atoms with E-state index in [1.165, 1.54) is 24.3 Å². The van der Waals surface area contributed by atoms with E-state index in [0.29, 0.717) is 18.4 Å². The Labute approximate surface area is 120 Å². The Bertz CT molecular complexity index is 560. The lowest BCUT2D eigenvalue weighted by Crippen LogP contribution is -2.34. The zero-order valence-electron chi connectivity index (χ0n) is 11.2. The summed E-state index contributed by atoms with van der Waals surface area (Å²) in [6.07, 6.45) is -2.00. The highest BCUT2D eigenvalue weighted by Crippen LogP contribution is 2.36. The number of Topliss-reactive ketones (excluding diaryl/α,β-unsaturated/α-hetero) is 1. The van der Waals surface area contributed by atoms with Crippen LogP contribution in [-0.4, -0.2) is 12.1 Å². The summed E-state index contributed by atoms with van der Waals surface area (Å²) in [7, 11) is 0. The second-order valence-electron chi connectivity index (χ2n) is 5.19. The zero-order valence-corrected chi connectivity index (χ0v) is 11.2. The summed E-state index contributed by atoms with van der Waals surface area (Å²) in [5.74, 6) is -0.390. The summed E-state index contributed by atoms with van der Waals surface area (Å²) in [5.41, 5.74) is -0.383. The molecule has 0 saturated heterocycles. The molecule has 112 valence electrons. The van der Waals surface area contributed by atoms with Gasteiger partial charge in [0.1, 0.15) is 11.2 Å². The molecule has 2 rings (SSSR count). The number of carbonyl (C=O) groups excluding carboxylic acids is 1. The molecule has 1 aromatic rings. The molecule has 0 spiro atoms. The van der Waals surface area contributed by atoms with Gasteiger partial charge < -0.3 is 4.74 Å². The van der Waals surface area contributed by atoms with Gasteiger partial charge in [-0.2, -0.15) is 5.26 Å². The molecule has 0 aliphatic heterocycles. The molecule has 0 N–H and O–H groups in total. The van der Waals surface area contributed by atoms with E-state index in [0.717, 1.165) is 12.8 Å². The molecule has 1 saturated carbocycles. The van der Waals surface area contributed by atoms with Crippen LogP contribution in [-0.2, 0) is 11.2 Å². The van der Waals surface area contributed by atoms with Crippen molar-refractivity contribution in [2.45, 2.75) is 38.5 Å². The maximum atomic E-state index is 12.1. The molecule has 1 aliphatic carbocycles. The predicted molar refractivity (Wildman–Crippen MR) is 68.4 cm³/mol. The van der Waals surface area contributed by atoms with Gasteiger partial charge in [0, 0.05) is 6.42 Å². The lowest BCUT2D eigenvalue weighted by Gasteiger charge is -2.29. The maximum absolute atomic E-state index is 12.1. The fourth-order valence-corrected chi connectivity index (χ4v) is 2.59. The second kappa shape index (κ2) is 5.76. The minimum absolute atomic E-state index is 0.0770. The van der Waals surface area contributed by atoms with Gasteiger partial charge in [-0.25, -0.2) is 0 Å². The van der Waals surface area contributed by atoms with Gasteiger partial charge in [-0.3, -0.25) is 4.79 Å². The summed E-state index contributed by atoms with van der Waals surface area (Å²) in [6, 6.07) is 7.42. The molecule has 0 bridgehead atoms. The van der Waals surface area contributed by atoms with E-state index in [-0.39, 0.29) is 18.0 Å². The molecule has 0 radical (unpaired) electrons. The first-order valence-corrected chi connectivity index (χ1v) is 6.64. The molecule has 1 fully saturated rings. The summed E-state index contributed by atoms with van der Waals surface area (Å²) in [5, 5.41) is 9.34. The van der Waals surface area contributed by atoms with Crippen molar-refractivity contribution in [1.82, 2.24) is 0 Å². The van der Waals surface area contributed by atoms with Crippen LogP contribution in [0.4, 0.5) is 13.2 Å². The van der Waals surface area contributed by atoms with E-state index < -0.39 is 11.8 Å². The van der Waals surface area contributed by atoms with Crippen molar-refractivity contribution in [3.8, 4) is 11.8 Å². The lowest BCUT2D eigenvalue weighted by atomic mass is 9.70. The third-order valence-corrected chi connectivity index (χ3v) is 3.67. The van der Waals surface area contributed by atoms with Crippen molar-refractivity contribution in [3.05, 3.63) is 29.8 Å². The van der Waals surface area contributed by atoms with E-state index in [1.54, 1.807) is 0 Å². The van der Waals surface area contributed by atoms with Gasteiger partial charge in [0.2, 0.25) is 0 Å². The highest BCUT2D eigenvalue weighted by molar-refractivity contribution is 5.88. The maximum Gasteiger partial charge on any atom is 0.573 e. The van der Waals surface area contributed by atoms with E-state index in [4.69, 9.17) is 0 Å². The second-order valence-corrected chi connectivity index (χ2v) is 5.19. The Morgan fingerprint density at radius 3 is 2.43 bits per heavy atom. The van der Waals surface area contributed by atoms with Gasteiger partial charge >= 0.3 is 6.36 Å². The van der Waals surface area contributed by atoms with Gasteiger partial charge in [-0.1, -0.05) is 18.6 Å². The van der Waals surface area contributed by atoms with Gasteiger partial charge in [-0.15, -0.1) is 13.2 Å². The predicted octanol–water partition coefficient (Wildman–Crippen LogP) is 3.78. The number of hydrogen-bond donors (Lipinski definition) is 0. The van der Waals surface area contributed by atoms with Crippen LogP contribution in [0.5, 0.6) is 5.75 Å². The Morgan fingerprint density at radius 1 is 1.24 bits per heavy atom. The number of hydrogen-bond acceptors (Lipinski definition) is 3. The van der Waals surface area contributed by atoms with Crippen molar-refractivity contribution >= 4 is 5.78 Å². The molecule has 21 heavy (non-hydrogen) atoms. The van der Waals surface area contributed by atoms with Crippen molar-refractivity contribution < 1.29 is 22.7 Å². The monoisotopic (exact) mass is 297 g/mol. The largest absolute Gasteiger partial charge is 0.573 e. The molecule has 0 aromatic heterocycles. The van der Waals surface area contributed by atoms with E-state index in [2.05, 4.69) is 10.8 Å². The standard InChI is InChI=1S/C15H14F3NO2/c16-15(17,18)21-12-6-4-11(5-7-12)9-14(10-19)8-2-1-3-13(14)20/h4-7H,1-3,8-9H2. The average molecular weight is 297 g/mol. The van der Waals surface area contributed by atoms with Crippen molar-refractivity contribution in [2.75, 3.05) is 0 Å². The lowest BCUT2D eigenvalue weighted by molar-refractivity contribution is -0.274. The SMILES string of the molecule is N#CC1(Cc2ccc(OC(F)(F)F)cc2)CCCCC1=O. The smallest absolute Gasteiger partial charge is 0.406 e. The summed E-state index contributed by atoms with van der Waals surface area (Å²) in [6.45, 7) is 0. The number of alkyl halides is 3. The summed E-state index contributed by atoms with van der Waals surface area (Å²) < 4.78 is 40.0. The van der Waals surface area contributed by atoms with E-state index in [9.17, 15) is 23.2 Å². The summed E-state index contributed by atoms with van der Waals surface area (Å²) in [4.78, 5) is 12.0. The fourth-order valence-electron chi connectivity index (χ4n) is 2.59. The first-order chi connectivity index (χ1) is 9.85. The van der Waals surface area contributed by atoms with Crippen LogP contribution in [0.15, 0.2) is 24.3 Å². The van der Waals surface area contributed by atoms with Gasteiger partial charge in [0.25, 0.3) is 0 Å². The Morgan fingerprint density at radius 2 is 1.90 bits per heavy atom. The van der Waals surface area contributed by atoms with Crippen LogP contribution < -0.4 is 4.74 Å². The fraction of sp³-hybridized carbons (Fsp3) is 0.467. The third-order valence-electron chi connectivity index (χ3n) is 3.67. The van der Waals surface area contributed by atoms with Gasteiger partial charge in [0.15, 0.2) is 5.78 Å². The highest BCUT2D eigenvalue weighted by atomic mass is 19.4. The molecular weight excluding hydrogens is 283 g/mol. The average Bonchev–Trinajstić information content (AvgIpc) is 2.42. The topological polar surface area (TPSA) is 50.1 Å². The first kappa shape index (κ1) is 15.4. The number of ketones is 1. The number of ether oxygens (including phenoxy) is 1. The molecular formula is C15H14F3NO2. The van der Waals surface area contributed by atoms with Crippen molar-refractivity contribution in [3.63, 3.8) is 0 Å². The number of rotatable bonds is 3. The van der Waals surface area contributed by atoms with Crippen LogP contribution in [0.2, 0.25) is 0 Å². The molecule has 0 amide bonds. The van der Waals surface area contributed by atoms with Crippen LogP contribution in [0.1, 0.15) is 31.2 Å². The third kappa shape index (κ3) is 3.75. The normalized spacial score (nSPS) is 22.7. The molecule has 1 aliphatic rings. The Kier molecular flexibility index (Phi) is 4.21. The minimum atomic E-state index is -4.73. The number of benzene rings is 1. The van der Waals surface area contributed by atoms with Crippen molar-refractivity contribution in [1.29, 1.82) is 5.26 Å². The molecule has 1 aromatic carbocycles. The van der Waals surface area contributed by atoms with E-state index >= 15 is 0 Å². The number of halogens is 3. The van der Waals surface area contributed by atoms with Crippen LogP contribution in [0.25, 0.3) is 0 Å². The van der Waals surface area contributed by atoms with Crippen LogP contribution in [0.3, 0.4) is 0 Å². The molecule has 1 unspecified atom stereocenters. The molecule has 1 atom stereocenters. The zero-order chi connectivity index (χ0) is 15.5. The Balaban J connectivity index is 2.12. The van der Waals surface area contributed by atoms with Crippen LogP contribution in [0, 0.1) is 16.7 Å². The highest BCUT2D eigenvalue weighted by Gasteiger charge is 2.40. The number of carbonyl (C=O) groups is 1. The van der Waals surface area contributed by atoms with Gasteiger partial charge in [0.05, 0.1) is 6.07 Å². The van der Waals surface area contributed by atoms with E-state index in [1.807, 2.05) is 0 Å². The number of nitriles is 1. The van der Waals surface area contributed by atoms with Crippen LogP contribution >= 0.6 is 0 Å². The molecule has 3 nitrogen and oxygen atoms in total. The first-order valence-electron chi connectivity index (χ1n) is 6.64. The quantitative estimate of drug-likeness (QED) is 0.853.